The van der Waals surface area contributed by atoms with Gasteiger partial charge in [0.1, 0.15) is 5.60 Å². The number of benzene rings is 2. The first-order valence-corrected chi connectivity index (χ1v) is 9.20. The Balaban J connectivity index is 1.99. The number of nitrogens with zero attached hydrogens (tertiary/aromatic N) is 1. The van der Waals surface area contributed by atoms with Crippen molar-refractivity contribution in [1.82, 2.24) is 0 Å². The van der Waals surface area contributed by atoms with Gasteiger partial charge in [0.25, 0.3) is 0 Å². The number of hydrogen-bond donors (Lipinski definition) is 1. The number of carbonyl (C=O) groups excluding carboxylic acids is 1. The molecule has 3 rings (SSSR count). The highest BCUT2D eigenvalue weighted by molar-refractivity contribution is 7.80. The molecular formula is C20H21ClN2O2S. The summed E-state index contributed by atoms with van der Waals surface area (Å²) in [5.41, 5.74) is 2.25. The van der Waals surface area contributed by atoms with Gasteiger partial charge in [-0.15, -0.1) is 0 Å². The minimum atomic E-state index is -0.533. The summed E-state index contributed by atoms with van der Waals surface area (Å²) in [4.78, 5) is 14.5. The molecule has 4 nitrogen and oxygen atoms in total. The first-order chi connectivity index (χ1) is 12.2. The summed E-state index contributed by atoms with van der Waals surface area (Å²) < 4.78 is 5.54. The fourth-order valence-corrected chi connectivity index (χ4v) is 3.47. The van der Waals surface area contributed by atoms with Gasteiger partial charge in [-0.25, -0.2) is 0 Å². The second-order valence-electron chi connectivity index (χ2n) is 7.17. The normalized spacial score (nSPS) is 16.7. The lowest BCUT2D eigenvalue weighted by Gasteiger charge is -2.39. The van der Waals surface area contributed by atoms with Crippen LogP contribution in [0, 0.1) is 0 Å². The number of hydrogen-bond acceptors (Lipinski definition) is 3. The number of nitrogens with one attached hydrogen (secondary N) is 1. The van der Waals surface area contributed by atoms with Crippen molar-refractivity contribution < 1.29 is 9.53 Å². The molecule has 2 aromatic carbocycles. The van der Waals surface area contributed by atoms with E-state index in [0.717, 1.165) is 16.9 Å². The highest BCUT2D eigenvalue weighted by Crippen LogP contribution is 2.39. The van der Waals surface area contributed by atoms with Crippen LogP contribution in [-0.2, 0) is 9.53 Å². The molecule has 136 valence electrons. The first-order valence-electron chi connectivity index (χ1n) is 8.41. The minimum absolute atomic E-state index is 0.193. The van der Waals surface area contributed by atoms with Crippen molar-refractivity contribution >= 4 is 46.3 Å². The Bertz CT molecular complexity index is 830. The third-order valence-electron chi connectivity index (χ3n) is 3.98. The van der Waals surface area contributed by atoms with Crippen LogP contribution in [0.25, 0.3) is 0 Å². The number of halogens is 1. The molecule has 1 atom stereocenters. The van der Waals surface area contributed by atoms with E-state index in [1.54, 1.807) is 0 Å². The molecule has 0 aliphatic carbocycles. The first kappa shape index (κ1) is 18.7. The molecule has 0 amide bonds. The largest absolute Gasteiger partial charge is 0.460 e. The van der Waals surface area contributed by atoms with Gasteiger partial charge in [0.2, 0.25) is 0 Å². The second kappa shape index (κ2) is 7.25. The third-order valence-corrected chi connectivity index (χ3v) is 4.53. The number of thiocarbonyl (C=S) groups is 1. The van der Waals surface area contributed by atoms with Crippen molar-refractivity contribution in [3.05, 3.63) is 59.1 Å². The zero-order valence-electron chi connectivity index (χ0n) is 15.0. The summed E-state index contributed by atoms with van der Waals surface area (Å²) in [6.07, 6.45) is 0.193. The predicted octanol–water partition coefficient (Wildman–Crippen LogP) is 5.33. The van der Waals surface area contributed by atoms with Gasteiger partial charge in [0.05, 0.1) is 12.5 Å². The van der Waals surface area contributed by atoms with Crippen LogP contribution < -0.4 is 10.2 Å². The average molecular weight is 389 g/mol. The maximum atomic E-state index is 12.5. The summed E-state index contributed by atoms with van der Waals surface area (Å²) in [6, 6.07) is 15.0. The van der Waals surface area contributed by atoms with Gasteiger partial charge in [-0.2, -0.15) is 0 Å². The number of carbonyl (C=O) groups is 1. The smallest absolute Gasteiger partial charge is 0.308 e. The molecule has 0 saturated carbocycles. The molecule has 6 heteroatoms. The van der Waals surface area contributed by atoms with Gasteiger partial charge in [-0.3, -0.25) is 4.79 Å². The minimum Gasteiger partial charge on any atom is -0.460 e. The lowest BCUT2D eigenvalue weighted by molar-refractivity contribution is -0.155. The van der Waals surface area contributed by atoms with E-state index in [2.05, 4.69) is 5.32 Å². The topological polar surface area (TPSA) is 41.6 Å². The number of fused-ring (bicyclic) bond motifs is 1. The van der Waals surface area contributed by atoms with Gasteiger partial charge in [-0.1, -0.05) is 29.8 Å². The van der Waals surface area contributed by atoms with E-state index in [0.29, 0.717) is 10.1 Å². The fourth-order valence-electron chi connectivity index (χ4n) is 3.00. The van der Waals surface area contributed by atoms with Crippen molar-refractivity contribution in [1.29, 1.82) is 0 Å². The molecule has 2 aromatic rings. The fraction of sp³-hybridized carbons (Fsp3) is 0.300. The maximum absolute atomic E-state index is 12.5. The summed E-state index contributed by atoms with van der Waals surface area (Å²) in [6.45, 7) is 5.59. The van der Waals surface area contributed by atoms with Crippen molar-refractivity contribution in [2.24, 2.45) is 0 Å². The number of esters is 1. The summed E-state index contributed by atoms with van der Waals surface area (Å²) in [5, 5.41) is 4.44. The Morgan fingerprint density at radius 2 is 1.85 bits per heavy atom. The molecule has 1 aliphatic rings. The van der Waals surface area contributed by atoms with Crippen LogP contribution in [0.4, 0.5) is 11.4 Å². The quantitative estimate of drug-likeness (QED) is 0.568. The molecule has 0 aromatic heterocycles. The number of para-hydroxylation sites is 1. The molecule has 1 aliphatic heterocycles. The molecule has 1 heterocycles. The summed E-state index contributed by atoms with van der Waals surface area (Å²) in [7, 11) is 0. The van der Waals surface area contributed by atoms with E-state index in [1.807, 2.05) is 74.2 Å². The highest BCUT2D eigenvalue weighted by atomic mass is 35.5. The molecule has 0 radical (unpaired) electrons. The molecule has 0 fully saturated rings. The van der Waals surface area contributed by atoms with Gasteiger partial charge in [0.15, 0.2) is 5.11 Å². The second-order valence-corrected chi connectivity index (χ2v) is 7.99. The molecule has 0 saturated heterocycles. The van der Waals surface area contributed by atoms with Crippen molar-refractivity contribution in [2.75, 3.05) is 10.2 Å². The van der Waals surface area contributed by atoms with E-state index in [-0.39, 0.29) is 18.4 Å². The van der Waals surface area contributed by atoms with Crippen LogP contribution >= 0.6 is 23.8 Å². The SMILES string of the molecule is CC(C)(C)OC(=O)CC1c2ccccc2NC(=S)N1c1ccc(Cl)cc1. The molecule has 0 spiro atoms. The average Bonchev–Trinajstić information content (AvgIpc) is 2.54. The lowest BCUT2D eigenvalue weighted by Crippen LogP contribution is -2.43. The van der Waals surface area contributed by atoms with E-state index in [1.165, 1.54) is 0 Å². The van der Waals surface area contributed by atoms with E-state index >= 15 is 0 Å². The van der Waals surface area contributed by atoms with Crippen LogP contribution in [0.1, 0.15) is 38.8 Å². The van der Waals surface area contributed by atoms with Crippen LogP contribution in [0.2, 0.25) is 5.02 Å². The standard InChI is InChI=1S/C20H21ClN2O2S/c1-20(2,3)25-18(24)12-17-15-6-4-5-7-16(15)22-19(26)23(17)14-10-8-13(21)9-11-14/h4-11,17H,12H2,1-3H3,(H,22,26). The Hall–Kier alpha value is -2.11. The predicted molar refractivity (Wildman–Crippen MR) is 110 cm³/mol. The van der Waals surface area contributed by atoms with Crippen LogP contribution in [0.5, 0.6) is 0 Å². The number of anilines is 2. The lowest BCUT2D eigenvalue weighted by atomic mass is 9.97. The molecule has 1 unspecified atom stereocenters. The van der Waals surface area contributed by atoms with E-state index in [9.17, 15) is 4.79 Å². The monoisotopic (exact) mass is 388 g/mol. The summed E-state index contributed by atoms with van der Waals surface area (Å²) in [5.74, 6) is -0.263. The van der Waals surface area contributed by atoms with Gasteiger partial charge < -0.3 is 15.0 Å². The van der Waals surface area contributed by atoms with Crippen molar-refractivity contribution in [3.8, 4) is 0 Å². The van der Waals surface area contributed by atoms with Gasteiger partial charge >= 0.3 is 5.97 Å². The van der Waals surface area contributed by atoms with E-state index in [4.69, 9.17) is 28.6 Å². The Morgan fingerprint density at radius 1 is 1.19 bits per heavy atom. The van der Waals surface area contributed by atoms with Crippen molar-refractivity contribution in [2.45, 2.75) is 38.8 Å². The highest BCUT2D eigenvalue weighted by Gasteiger charge is 2.34. The zero-order valence-corrected chi connectivity index (χ0v) is 16.5. The van der Waals surface area contributed by atoms with Crippen LogP contribution in [0.15, 0.2) is 48.5 Å². The Morgan fingerprint density at radius 3 is 2.50 bits per heavy atom. The Labute approximate surface area is 164 Å². The number of rotatable bonds is 3. The zero-order chi connectivity index (χ0) is 18.9. The maximum Gasteiger partial charge on any atom is 0.308 e. The van der Waals surface area contributed by atoms with E-state index < -0.39 is 5.60 Å². The molecule has 26 heavy (non-hydrogen) atoms. The van der Waals surface area contributed by atoms with Gasteiger partial charge in [-0.05, 0) is 68.9 Å². The molecule has 0 bridgehead atoms. The van der Waals surface area contributed by atoms with Gasteiger partial charge in [0, 0.05) is 16.4 Å². The molecule has 1 N–H and O–H groups in total. The Kier molecular flexibility index (Phi) is 5.21. The summed E-state index contributed by atoms with van der Waals surface area (Å²) >= 11 is 11.6. The van der Waals surface area contributed by atoms with Crippen LogP contribution in [0.3, 0.4) is 0 Å². The van der Waals surface area contributed by atoms with Crippen LogP contribution in [-0.4, -0.2) is 16.7 Å². The third kappa shape index (κ3) is 4.17. The number of ether oxygens (including phenoxy) is 1. The van der Waals surface area contributed by atoms with Crippen molar-refractivity contribution in [3.63, 3.8) is 0 Å². The molecular weight excluding hydrogens is 368 g/mol.